The fourth-order valence-corrected chi connectivity index (χ4v) is 6.47. The van der Waals surface area contributed by atoms with Gasteiger partial charge < -0.3 is 38.8 Å². The molecular weight excluding hydrogens is 574 g/mol. The van der Waals surface area contributed by atoms with Crippen LogP contribution in [0.2, 0.25) is 0 Å². The predicted molar refractivity (Wildman–Crippen MR) is 170 cm³/mol. The fraction of sp³-hybridized carbons (Fsp3) is 0.429. The maximum absolute atomic E-state index is 13.0. The van der Waals surface area contributed by atoms with E-state index in [9.17, 15) is 14.7 Å². The number of fused-ring (bicyclic) bond motifs is 1. The summed E-state index contributed by atoms with van der Waals surface area (Å²) >= 11 is 0. The zero-order valence-corrected chi connectivity index (χ0v) is 25.7. The van der Waals surface area contributed by atoms with Crippen molar-refractivity contribution in [2.24, 2.45) is 0 Å². The van der Waals surface area contributed by atoms with Crippen LogP contribution < -0.4 is 19.3 Å². The summed E-state index contributed by atoms with van der Waals surface area (Å²) in [5.74, 6) is 1.48. The molecule has 238 valence electrons. The van der Waals surface area contributed by atoms with E-state index in [0.717, 1.165) is 47.8 Å². The van der Waals surface area contributed by atoms with Crippen molar-refractivity contribution < 1.29 is 33.6 Å². The summed E-state index contributed by atoms with van der Waals surface area (Å²) in [5.41, 5.74) is 4.00. The second kappa shape index (κ2) is 14.2. The van der Waals surface area contributed by atoms with Crippen LogP contribution in [0, 0.1) is 0 Å². The maximum Gasteiger partial charge on any atom is 0.407 e. The molecule has 3 aromatic carbocycles. The monoisotopic (exact) mass is 615 g/mol. The molecule has 2 amide bonds. The number of methoxy groups -OCH3 is 1. The van der Waals surface area contributed by atoms with E-state index in [4.69, 9.17) is 18.9 Å². The van der Waals surface area contributed by atoms with Gasteiger partial charge in [-0.3, -0.25) is 4.79 Å². The summed E-state index contributed by atoms with van der Waals surface area (Å²) in [6.45, 7) is 4.77. The average molecular weight is 616 g/mol. The number of para-hydroxylation sites is 1. The summed E-state index contributed by atoms with van der Waals surface area (Å²) in [7, 11) is 1.72. The highest BCUT2D eigenvalue weighted by Gasteiger charge is 2.35. The lowest BCUT2D eigenvalue weighted by Gasteiger charge is -2.37. The Kier molecular flexibility index (Phi) is 9.71. The minimum Gasteiger partial charge on any atom is -0.490 e. The lowest BCUT2D eigenvalue weighted by Crippen LogP contribution is -2.46. The van der Waals surface area contributed by atoms with E-state index in [1.807, 2.05) is 66.7 Å². The molecule has 0 radical (unpaired) electrons. The van der Waals surface area contributed by atoms with Crippen molar-refractivity contribution in [1.29, 1.82) is 0 Å². The van der Waals surface area contributed by atoms with Crippen LogP contribution in [0.3, 0.4) is 0 Å². The number of carboxylic acid groups (broad SMARTS) is 1. The minimum atomic E-state index is -0.936. The van der Waals surface area contributed by atoms with Crippen LogP contribution in [-0.2, 0) is 20.9 Å². The molecule has 3 aromatic rings. The first-order valence-electron chi connectivity index (χ1n) is 15.7. The zero-order valence-electron chi connectivity index (χ0n) is 25.7. The van der Waals surface area contributed by atoms with Crippen molar-refractivity contribution in [1.82, 2.24) is 4.90 Å². The largest absolute Gasteiger partial charge is 0.490 e. The average Bonchev–Trinajstić information content (AvgIpc) is 3.43. The summed E-state index contributed by atoms with van der Waals surface area (Å²) in [5, 5.41) is 9.73. The summed E-state index contributed by atoms with van der Waals surface area (Å²) in [4.78, 5) is 30.4. The van der Waals surface area contributed by atoms with Gasteiger partial charge >= 0.3 is 6.09 Å². The smallest absolute Gasteiger partial charge is 0.407 e. The van der Waals surface area contributed by atoms with Crippen LogP contribution in [0.15, 0.2) is 72.8 Å². The first kappa shape index (κ1) is 30.7. The molecule has 10 heteroatoms. The van der Waals surface area contributed by atoms with E-state index in [1.165, 1.54) is 4.90 Å². The third-order valence-corrected chi connectivity index (χ3v) is 8.86. The molecular formula is C35H41N3O7. The summed E-state index contributed by atoms with van der Waals surface area (Å²) in [6.07, 6.45) is 0.424. The summed E-state index contributed by atoms with van der Waals surface area (Å²) < 4.78 is 23.7. The molecule has 2 unspecified atom stereocenters. The van der Waals surface area contributed by atoms with Gasteiger partial charge in [0.05, 0.1) is 31.5 Å². The maximum atomic E-state index is 13.0. The number of hydrogen-bond donors (Lipinski definition) is 1. The number of ether oxygens (including phenoxy) is 4. The van der Waals surface area contributed by atoms with Crippen molar-refractivity contribution in [3.63, 3.8) is 0 Å². The van der Waals surface area contributed by atoms with Gasteiger partial charge in [-0.1, -0.05) is 36.4 Å². The number of piperidine rings is 1. The van der Waals surface area contributed by atoms with Crippen molar-refractivity contribution in [3.05, 3.63) is 83.9 Å². The van der Waals surface area contributed by atoms with Gasteiger partial charge in [-0.15, -0.1) is 0 Å². The van der Waals surface area contributed by atoms with E-state index in [1.54, 1.807) is 12.0 Å². The zero-order chi connectivity index (χ0) is 31.2. The SMILES string of the molecule is COCCCN1CCOc2ccc(COC3CN(C(=O)O)CCC3c3ccc(O[C@H]4CCN(c5ccccc5)C4=O)cc3)cc21. The minimum absolute atomic E-state index is 0.0165. The van der Waals surface area contributed by atoms with Crippen molar-refractivity contribution in [3.8, 4) is 11.5 Å². The van der Waals surface area contributed by atoms with Crippen LogP contribution in [0.4, 0.5) is 16.2 Å². The van der Waals surface area contributed by atoms with Crippen LogP contribution in [-0.4, -0.2) is 87.3 Å². The molecule has 0 saturated carbocycles. The molecule has 3 atom stereocenters. The van der Waals surface area contributed by atoms with Crippen molar-refractivity contribution in [2.75, 3.05) is 62.8 Å². The highest BCUT2D eigenvalue weighted by Crippen LogP contribution is 2.35. The summed E-state index contributed by atoms with van der Waals surface area (Å²) in [6, 6.07) is 23.6. The number of rotatable bonds is 11. The Bertz CT molecular complexity index is 1450. The molecule has 0 bridgehead atoms. The van der Waals surface area contributed by atoms with E-state index in [2.05, 4.69) is 11.0 Å². The van der Waals surface area contributed by atoms with Gasteiger partial charge in [0.25, 0.3) is 5.91 Å². The van der Waals surface area contributed by atoms with E-state index < -0.39 is 12.2 Å². The molecule has 3 aliphatic rings. The van der Waals surface area contributed by atoms with Crippen LogP contribution >= 0.6 is 0 Å². The number of likely N-dealkylation sites (tertiary alicyclic amines) is 1. The molecule has 0 spiro atoms. The van der Waals surface area contributed by atoms with Crippen molar-refractivity contribution >= 4 is 23.4 Å². The van der Waals surface area contributed by atoms with Gasteiger partial charge in [-0.25, -0.2) is 4.79 Å². The molecule has 45 heavy (non-hydrogen) atoms. The third-order valence-electron chi connectivity index (χ3n) is 8.86. The van der Waals surface area contributed by atoms with Gasteiger partial charge in [0, 0.05) is 51.4 Å². The quantitative estimate of drug-likeness (QED) is 0.296. The first-order chi connectivity index (χ1) is 22.0. The third kappa shape index (κ3) is 7.18. The number of nitrogens with zero attached hydrogens (tertiary/aromatic N) is 3. The van der Waals surface area contributed by atoms with Gasteiger partial charge in [0.1, 0.15) is 18.1 Å². The molecule has 6 rings (SSSR count). The molecule has 2 fully saturated rings. The Balaban J connectivity index is 1.11. The highest BCUT2D eigenvalue weighted by molar-refractivity contribution is 5.98. The van der Waals surface area contributed by atoms with E-state index >= 15 is 0 Å². The molecule has 3 aliphatic heterocycles. The van der Waals surface area contributed by atoms with Gasteiger partial charge in [0.2, 0.25) is 0 Å². The molecule has 10 nitrogen and oxygen atoms in total. The Morgan fingerprint density at radius 2 is 1.82 bits per heavy atom. The Hall–Kier alpha value is -4.28. The number of anilines is 2. The van der Waals surface area contributed by atoms with Gasteiger partial charge in [-0.2, -0.15) is 0 Å². The molecule has 3 heterocycles. The Morgan fingerprint density at radius 3 is 2.60 bits per heavy atom. The topological polar surface area (TPSA) is 101 Å². The molecule has 1 N–H and O–H groups in total. The lowest BCUT2D eigenvalue weighted by atomic mass is 9.87. The van der Waals surface area contributed by atoms with Crippen molar-refractivity contribution in [2.45, 2.75) is 44.0 Å². The van der Waals surface area contributed by atoms with E-state index in [-0.39, 0.29) is 17.9 Å². The second-order valence-electron chi connectivity index (χ2n) is 11.7. The number of carbonyl (C=O) groups is 2. The number of benzene rings is 3. The van der Waals surface area contributed by atoms with Gasteiger partial charge in [-0.05, 0) is 60.4 Å². The Morgan fingerprint density at radius 1 is 1.00 bits per heavy atom. The number of amides is 2. The highest BCUT2D eigenvalue weighted by atomic mass is 16.5. The number of hydrogen-bond acceptors (Lipinski definition) is 7. The second-order valence-corrected chi connectivity index (χ2v) is 11.7. The number of carbonyl (C=O) groups excluding carboxylic acids is 1. The Labute approximate surface area is 264 Å². The standard InChI is InChI=1S/C35H41N3O7/c1-42-20-5-16-36-19-21-43-31-13-8-25(22-30(31)36)24-44-33-23-37(35(40)41)17-14-29(33)26-9-11-28(12-10-26)45-32-15-18-38(34(32)39)27-6-3-2-4-7-27/h2-4,6-13,22,29,32-33H,5,14-21,23-24H2,1H3,(H,40,41)/t29?,32-,33?/m0/s1. The molecule has 0 aliphatic carbocycles. The van der Waals surface area contributed by atoms with E-state index in [0.29, 0.717) is 58.0 Å². The van der Waals surface area contributed by atoms with Crippen LogP contribution in [0.25, 0.3) is 0 Å². The van der Waals surface area contributed by atoms with Crippen LogP contribution in [0.5, 0.6) is 11.5 Å². The van der Waals surface area contributed by atoms with Gasteiger partial charge in [0.15, 0.2) is 6.10 Å². The van der Waals surface area contributed by atoms with Crippen LogP contribution in [0.1, 0.15) is 36.3 Å². The molecule has 0 aromatic heterocycles. The molecule has 2 saturated heterocycles. The normalized spacial score (nSPS) is 21.4. The fourth-order valence-electron chi connectivity index (χ4n) is 6.47. The lowest BCUT2D eigenvalue weighted by molar-refractivity contribution is -0.122. The first-order valence-corrected chi connectivity index (χ1v) is 15.7. The predicted octanol–water partition coefficient (Wildman–Crippen LogP) is 5.16.